The molecule has 2 atom stereocenters. The van der Waals surface area contributed by atoms with Gasteiger partial charge in [-0.25, -0.2) is 4.39 Å². The van der Waals surface area contributed by atoms with E-state index in [0.29, 0.717) is 37.6 Å². The number of benzene rings is 2. The van der Waals surface area contributed by atoms with Crippen LogP contribution in [0.1, 0.15) is 54.1 Å². The van der Waals surface area contributed by atoms with Crippen LogP contribution >= 0.6 is 0 Å². The smallest absolute Gasteiger partial charge is 0.361 e. The minimum absolute atomic E-state index is 0.0394. The highest BCUT2D eigenvalue weighted by atomic mass is 19.4. The number of likely N-dealkylation sites (tertiary alicyclic amines) is 2. The van der Waals surface area contributed by atoms with E-state index in [0.717, 1.165) is 16.5 Å². The molecular weight excluding hydrogens is 540 g/mol. The Labute approximate surface area is 234 Å². The number of halogens is 4. The molecule has 3 amide bonds. The number of alkyl halides is 3. The Bertz CT molecular complexity index is 1490. The quantitative estimate of drug-likeness (QED) is 0.425. The minimum Gasteiger partial charge on any atom is -0.361 e. The van der Waals surface area contributed by atoms with Gasteiger partial charge in [0, 0.05) is 44.3 Å². The lowest BCUT2D eigenvalue weighted by Gasteiger charge is -2.42. The van der Waals surface area contributed by atoms with Crippen LogP contribution in [-0.4, -0.2) is 65.2 Å². The van der Waals surface area contributed by atoms with E-state index in [1.807, 2.05) is 24.4 Å². The number of nitrogens with one attached hydrogen (secondary N) is 2. The van der Waals surface area contributed by atoms with Crippen LogP contribution < -0.4 is 5.32 Å². The van der Waals surface area contributed by atoms with Gasteiger partial charge in [0.15, 0.2) is 0 Å². The van der Waals surface area contributed by atoms with Crippen LogP contribution in [0.25, 0.3) is 10.9 Å². The summed E-state index contributed by atoms with van der Waals surface area (Å²) < 4.78 is 53.8. The number of fused-ring (bicyclic) bond motifs is 1. The van der Waals surface area contributed by atoms with E-state index in [2.05, 4.69) is 16.4 Å². The summed E-state index contributed by atoms with van der Waals surface area (Å²) in [5, 5.41) is 3.52. The van der Waals surface area contributed by atoms with Crippen molar-refractivity contribution in [2.45, 2.75) is 44.8 Å². The van der Waals surface area contributed by atoms with Gasteiger partial charge in [-0.15, -0.1) is 0 Å². The highest BCUT2D eigenvalue weighted by Crippen LogP contribution is 2.50. The maximum absolute atomic E-state index is 14.3. The summed E-state index contributed by atoms with van der Waals surface area (Å²) in [5.41, 5.74) is -0.544. The van der Waals surface area contributed by atoms with Gasteiger partial charge in [-0.05, 0) is 66.1 Å². The van der Waals surface area contributed by atoms with E-state index in [1.165, 1.54) is 0 Å². The van der Waals surface area contributed by atoms with Gasteiger partial charge in [-0.3, -0.25) is 14.4 Å². The van der Waals surface area contributed by atoms with Gasteiger partial charge in [0.1, 0.15) is 11.9 Å². The summed E-state index contributed by atoms with van der Waals surface area (Å²) in [7, 11) is 1.79. The van der Waals surface area contributed by atoms with Gasteiger partial charge in [0.25, 0.3) is 5.91 Å². The Morgan fingerprint density at radius 1 is 1.07 bits per heavy atom. The van der Waals surface area contributed by atoms with Crippen molar-refractivity contribution in [2.75, 3.05) is 26.7 Å². The van der Waals surface area contributed by atoms with Gasteiger partial charge in [-0.2, -0.15) is 13.2 Å². The number of likely N-dealkylation sites (N-methyl/N-ethyl adjacent to an activating group) is 1. The van der Waals surface area contributed by atoms with E-state index < -0.39 is 52.3 Å². The molecule has 41 heavy (non-hydrogen) atoms. The molecule has 3 aromatic rings. The lowest BCUT2D eigenvalue weighted by molar-refractivity contribution is -0.143. The second-order valence-electron chi connectivity index (χ2n) is 11.4. The molecule has 1 aromatic heterocycles. The number of hydrogen-bond acceptors (Lipinski definition) is 3. The molecule has 2 aliphatic heterocycles. The van der Waals surface area contributed by atoms with E-state index >= 15 is 0 Å². The second kappa shape index (κ2) is 10.5. The molecule has 0 saturated carbocycles. The summed E-state index contributed by atoms with van der Waals surface area (Å²) in [5.74, 6) is -3.06. The van der Waals surface area contributed by atoms with Crippen molar-refractivity contribution in [1.82, 2.24) is 20.1 Å². The summed E-state index contributed by atoms with van der Waals surface area (Å²) in [6.45, 7) is 4.51. The first-order valence-corrected chi connectivity index (χ1v) is 13.6. The number of aromatic amines is 1. The van der Waals surface area contributed by atoms with Gasteiger partial charge in [0.2, 0.25) is 11.8 Å². The Morgan fingerprint density at radius 3 is 2.44 bits per heavy atom. The number of hydrogen-bond donors (Lipinski definition) is 2. The number of rotatable bonds is 5. The Morgan fingerprint density at radius 2 is 1.78 bits per heavy atom. The molecule has 5 rings (SSSR count). The number of nitrogens with zero attached hydrogens (tertiary/aromatic N) is 2. The molecule has 2 fully saturated rings. The van der Waals surface area contributed by atoms with Crippen molar-refractivity contribution in [3.05, 3.63) is 71.2 Å². The average Bonchev–Trinajstić information content (AvgIpc) is 3.49. The van der Waals surface area contributed by atoms with Crippen LogP contribution in [0.15, 0.2) is 48.7 Å². The maximum Gasteiger partial charge on any atom is 0.416 e. The zero-order valence-electron chi connectivity index (χ0n) is 23.0. The van der Waals surface area contributed by atoms with Crippen LogP contribution in [0.5, 0.6) is 0 Å². The fourth-order valence-electron chi connectivity index (χ4n) is 6.27. The van der Waals surface area contributed by atoms with Crippen molar-refractivity contribution in [2.24, 2.45) is 11.3 Å². The zero-order valence-corrected chi connectivity index (χ0v) is 23.0. The lowest BCUT2D eigenvalue weighted by atomic mass is 9.67. The molecule has 3 heterocycles. The van der Waals surface area contributed by atoms with Crippen molar-refractivity contribution >= 4 is 28.6 Å². The van der Waals surface area contributed by atoms with E-state index in [4.69, 9.17) is 0 Å². The van der Waals surface area contributed by atoms with Crippen LogP contribution in [0.4, 0.5) is 17.6 Å². The maximum atomic E-state index is 14.3. The third kappa shape index (κ3) is 5.17. The third-order valence-electron chi connectivity index (χ3n) is 8.60. The number of carbonyl (C=O) groups is 3. The number of aromatic nitrogens is 1. The summed E-state index contributed by atoms with van der Waals surface area (Å²) in [4.78, 5) is 46.4. The number of amides is 3. The van der Waals surface area contributed by atoms with Crippen LogP contribution in [0, 0.1) is 17.2 Å². The van der Waals surface area contributed by atoms with Gasteiger partial charge in [0.05, 0.1) is 16.5 Å². The third-order valence-corrected chi connectivity index (χ3v) is 8.60. The molecule has 11 heteroatoms. The van der Waals surface area contributed by atoms with E-state index in [9.17, 15) is 31.9 Å². The predicted octanol–water partition coefficient (Wildman–Crippen LogP) is 4.94. The van der Waals surface area contributed by atoms with E-state index in [-0.39, 0.29) is 24.9 Å². The molecule has 2 aliphatic rings. The molecule has 218 valence electrons. The SMILES string of the molecule is CC(C)[C@@H](NC(=O)c1cc(C(F)(F)F)ccc1F)C(=O)N1CCC2(CC1)C(=O)N(C)CC2c1ccc2[nH]ccc2c1. The Balaban J connectivity index is 1.33. The molecule has 0 aliphatic carbocycles. The molecule has 2 saturated heterocycles. The van der Waals surface area contributed by atoms with Crippen molar-refractivity contribution in [1.29, 1.82) is 0 Å². The molecular formula is C30H32F4N4O3. The topological polar surface area (TPSA) is 85.5 Å². The summed E-state index contributed by atoms with van der Waals surface area (Å²) in [6, 6.07) is 8.64. The standard InChI is InChI=1S/C30H32F4N4O3/c1-17(2)25(36-26(39)21-15-20(30(32,33)34)5-6-23(21)31)27(40)38-12-9-29(10-13-38)22(16-37(3)28(29)41)18-4-7-24-19(14-18)8-11-35-24/h4-8,11,14-15,17,22,25,35H,9-10,12-13,16H2,1-3H3,(H,36,39)/t22?,25-/m1/s1. The number of H-pyrrole nitrogens is 1. The first-order chi connectivity index (χ1) is 19.3. The van der Waals surface area contributed by atoms with Gasteiger partial charge < -0.3 is 20.1 Å². The number of piperidine rings is 1. The molecule has 1 unspecified atom stereocenters. The molecule has 2 aromatic carbocycles. The van der Waals surface area contributed by atoms with Crippen LogP contribution in [0.2, 0.25) is 0 Å². The van der Waals surface area contributed by atoms with Crippen molar-refractivity contribution in [3.8, 4) is 0 Å². The lowest BCUT2D eigenvalue weighted by Crippen LogP contribution is -2.55. The van der Waals surface area contributed by atoms with Gasteiger partial charge >= 0.3 is 6.18 Å². The summed E-state index contributed by atoms with van der Waals surface area (Å²) in [6.07, 6.45) is -2.03. The minimum atomic E-state index is -4.75. The first kappa shape index (κ1) is 28.6. The fraction of sp³-hybridized carbons (Fsp3) is 0.433. The van der Waals surface area contributed by atoms with E-state index in [1.54, 1.807) is 30.7 Å². The normalized spacial score (nSPS) is 19.8. The molecule has 7 nitrogen and oxygen atoms in total. The zero-order chi connectivity index (χ0) is 29.7. The Kier molecular flexibility index (Phi) is 7.33. The van der Waals surface area contributed by atoms with Crippen LogP contribution in [0.3, 0.4) is 0 Å². The molecule has 1 spiro atoms. The van der Waals surface area contributed by atoms with Crippen molar-refractivity contribution in [3.63, 3.8) is 0 Å². The largest absolute Gasteiger partial charge is 0.416 e. The highest BCUT2D eigenvalue weighted by molar-refractivity contribution is 5.98. The molecule has 0 bridgehead atoms. The average molecular weight is 573 g/mol. The summed E-state index contributed by atoms with van der Waals surface area (Å²) >= 11 is 0. The monoisotopic (exact) mass is 572 g/mol. The fourth-order valence-corrected chi connectivity index (χ4v) is 6.27. The Hall–Kier alpha value is -3.89. The number of carbonyl (C=O) groups excluding carboxylic acids is 3. The van der Waals surface area contributed by atoms with Gasteiger partial charge in [-0.1, -0.05) is 19.9 Å². The van der Waals surface area contributed by atoms with Crippen molar-refractivity contribution < 1.29 is 31.9 Å². The van der Waals surface area contributed by atoms with Crippen LogP contribution in [-0.2, 0) is 15.8 Å². The molecule has 2 N–H and O–H groups in total. The second-order valence-corrected chi connectivity index (χ2v) is 11.4. The highest BCUT2D eigenvalue weighted by Gasteiger charge is 2.55. The first-order valence-electron chi connectivity index (χ1n) is 13.6. The predicted molar refractivity (Wildman–Crippen MR) is 144 cm³/mol. The molecule has 0 radical (unpaired) electrons.